The molecule has 84 valence electrons. The first-order valence-corrected chi connectivity index (χ1v) is 5.47. The standard InChI is InChI=1S/C12H20N2O/c1-5-6-7-10(2)14(11-8-9-11)12(15)13(3)4/h10-11H,7-9H2,1-4H3. The van der Waals surface area contributed by atoms with Crippen LogP contribution >= 0.6 is 0 Å². The summed E-state index contributed by atoms with van der Waals surface area (Å²) in [6.07, 6.45) is 3.06. The minimum Gasteiger partial charge on any atom is -0.331 e. The highest BCUT2D eigenvalue weighted by Crippen LogP contribution is 2.30. The highest BCUT2D eigenvalue weighted by atomic mass is 16.2. The molecule has 0 aromatic carbocycles. The quantitative estimate of drug-likeness (QED) is 0.650. The van der Waals surface area contributed by atoms with E-state index in [0.717, 1.165) is 19.3 Å². The van der Waals surface area contributed by atoms with Crippen molar-refractivity contribution in [3.8, 4) is 11.8 Å². The van der Waals surface area contributed by atoms with Crippen molar-refractivity contribution < 1.29 is 4.79 Å². The largest absolute Gasteiger partial charge is 0.331 e. The molecule has 1 unspecified atom stereocenters. The van der Waals surface area contributed by atoms with Crippen LogP contribution in [-0.4, -0.2) is 42.0 Å². The second-order valence-electron chi connectivity index (χ2n) is 4.30. The highest BCUT2D eigenvalue weighted by Gasteiger charge is 2.36. The lowest BCUT2D eigenvalue weighted by molar-refractivity contribution is 0.150. The van der Waals surface area contributed by atoms with Gasteiger partial charge < -0.3 is 9.80 Å². The molecule has 1 rings (SSSR count). The van der Waals surface area contributed by atoms with Gasteiger partial charge in [-0.2, -0.15) is 0 Å². The minimum atomic E-state index is 0.114. The number of urea groups is 1. The summed E-state index contributed by atoms with van der Waals surface area (Å²) in [5, 5.41) is 0. The van der Waals surface area contributed by atoms with Gasteiger partial charge in [0.1, 0.15) is 0 Å². The number of nitrogens with zero attached hydrogens (tertiary/aromatic N) is 2. The average Bonchev–Trinajstić information content (AvgIpc) is 2.98. The zero-order chi connectivity index (χ0) is 11.4. The number of carbonyl (C=O) groups is 1. The van der Waals surface area contributed by atoms with E-state index >= 15 is 0 Å². The van der Waals surface area contributed by atoms with E-state index < -0.39 is 0 Å². The van der Waals surface area contributed by atoms with Crippen LogP contribution < -0.4 is 0 Å². The van der Waals surface area contributed by atoms with Gasteiger partial charge in [0.15, 0.2) is 0 Å². The summed E-state index contributed by atoms with van der Waals surface area (Å²) in [6.45, 7) is 3.91. The summed E-state index contributed by atoms with van der Waals surface area (Å²) < 4.78 is 0. The molecular formula is C12H20N2O. The van der Waals surface area contributed by atoms with Crippen molar-refractivity contribution in [1.82, 2.24) is 9.80 Å². The smallest absolute Gasteiger partial charge is 0.320 e. The summed E-state index contributed by atoms with van der Waals surface area (Å²) in [5.41, 5.74) is 0. The van der Waals surface area contributed by atoms with Crippen molar-refractivity contribution in [1.29, 1.82) is 0 Å². The van der Waals surface area contributed by atoms with E-state index in [9.17, 15) is 4.79 Å². The van der Waals surface area contributed by atoms with Gasteiger partial charge in [0, 0.05) is 32.6 Å². The Morgan fingerprint density at radius 3 is 2.47 bits per heavy atom. The van der Waals surface area contributed by atoms with Gasteiger partial charge in [-0.25, -0.2) is 4.79 Å². The van der Waals surface area contributed by atoms with E-state index in [1.54, 1.807) is 19.0 Å². The van der Waals surface area contributed by atoms with Gasteiger partial charge >= 0.3 is 6.03 Å². The second-order valence-corrected chi connectivity index (χ2v) is 4.30. The van der Waals surface area contributed by atoms with Gasteiger partial charge in [0.2, 0.25) is 0 Å². The molecule has 1 saturated carbocycles. The molecule has 1 aliphatic rings. The molecule has 2 amide bonds. The van der Waals surface area contributed by atoms with E-state index in [-0.39, 0.29) is 12.1 Å². The third-order valence-electron chi connectivity index (χ3n) is 2.59. The van der Waals surface area contributed by atoms with Crippen LogP contribution in [0.25, 0.3) is 0 Å². The maximum atomic E-state index is 11.9. The van der Waals surface area contributed by atoms with E-state index in [1.165, 1.54) is 0 Å². The van der Waals surface area contributed by atoms with Crippen molar-refractivity contribution in [2.75, 3.05) is 14.1 Å². The Hall–Kier alpha value is -1.17. The van der Waals surface area contributed by atoms with E-state index in [0.29, 0.717) is 6.04 Å². The molecule has 0 aliphatic heterocycles. The fourth-order valence-corrected chi connectivity index (χ4v) is 1.64. The topological polar surface area (TPSA) is 23.6 Å². The fraction of sp³-hybridized carbons (Fsp3) is 0.750. The molecule has 1 aliphatic carbocycles. The summed E-state index contributed by atoms with van der Waals surface area (Å²) in [7, 11) is 3.60. The van der Waals surface area contributed by atoms with Gasteiger partial charge in [0.25, 0.3) is 0 Å². The Kier molecular flexibility index (Phi) is 4.02. The first-order chi connectivity index (χ1) is 7.07. The summed E-state index contributed by atoms with van der Waals surface area (Å²) in [5.74, 6) is 5.92. The predicted molar refractivity (Wildman–Crippen MR) is 61.5 cm³/mol. The first kappa shape index (κ1) is 11.9. The molecule has 1 atom stereocenters. The maximum absolute atomic E-state index is 11.9. The van der Waals surface area contributed by atoms with Crippen molar-refractivity contribution in [2.24, 2.45) is 0 Å². The second kappa shape index (κ2) is 5.06. The van der Waals surface area contributed by atoms with Crippen molar-refractivity contribution in [3.63, 3.8) is 0 Å². The number of amides is 2. The maximum Gasteiger partial charge on any atom is 0.320 e. The summed E-state index contributed by atoms with van der Waals surface area (Å²) in [6, 6.07) is 0.788. The van der Waals surface area contributed by atoms with Crippen molar-refractivity contribution in [3.05, 3.63) is 0 Å². The molecule has 3 nitrogen and oxygen atoms in total. The molecule has 3 heteroatoms. The number of carbonyl (C=O) groups excluding carboxylic acids is 1. The van der Waals surface area contributed by atoms with Crippen LogP contribution in [0.15, 0.2) is 0 Å². The van der Waals surface area contributed by atoms with E-state index in [4.69, 9.17) is 0 Å². The molecule has 15 heavy (non-hydrogen) atoms. The van der Waals surface area contributed by atoms with Gasteiger partial charge in [-0.05, 0) is 26.7 Å². The molecule has 0 saturated heterocycles. The van der Waals surface area contributed by atoms with E-state index in [2.05, 4.69) is 18.8 Å². The van der Waals surface area contributed by atoms with Crippen LogP contribution in [0.2, 0.25) is 0 Å². The van der Waals surface area contributed by atoms with Gasteiger partial charge in [0.05, 0.1) is 0 Å². The Labute approximate surface area is 92.4 Å². The fourth-order valence-electron chi connectivity index (χ4n) is 1.64. The molecule has 0 radical (unpaired) electrons. The molecule has 0 bridgehead atoms. The number of hydrogen-bond donors (Lipinski definition) is 0. The number of hydrogen-bond acceptors (Lipinski definition) is 1. The van der Waals surface area contributed by atoms with Crippen LogP contribution in [-0.2, 0) is 0 Å². The van der Waals surface area contributed by atoms with Gasteiger partial charge in [-0.1, -0.05) is 0 Å². The lowest BCUT2D eigenvalue weighted by atomic mass is 10.2. The molecule has 0 heterocycles. The lowest BCUT2D eigenvalue weighted by Gasteiger charge is -2.30. The zero-order valence-electron chi connectivity index (χ0n) is 10.1. The average molecular weight is 208 g/mol. The van der Waals surface area contributed by atoms with Crippen LogP contribution in [0.5, 0.6) is 0 Å². The molecule has 0 aromatic heterocycles. The zero-order valence-corrected chi connectivity index (χ0v) is 10.1. The van der Waals surface area contributed by atoms with Crippen LogP contribution in [0.3, 0.4) is 0 Å². The van der Waals surface area contributed by atoms with Crippen molar-refractivity contribution >= 4 is 6.03 Å². The molecule has 1 fully saturated rings. The van der Waals surface area contributed by atoms with Crippen LogP contribution in [0.4, 0.5) is 4.79 Å². The Morgan fingerprint density at radius 1 is 1.47 bits per heavy atom. The normalized spacial score (nSPS) is 16.3. The Balaban J connectivity index is 2.63. The molecule has 0 aromatic rings. The van der Waals surface area contributed by atoms with Gasteiger partial charge in [-0.15, -0.1) is 11.8 Å². The first-order valence-electron chi connectivity index (χ1n) is 5.47. The van der Waals surface area contributed by atoms with Crippen LogP contribution in [0.1, 0.15) is 33.1 Å². The van der Waals surface area contributed by atoms with Gasteiger partial charge in [-0.3, -0.25) is 0 Å². The molecule has 0 N–H and O–H groups in total. The number of rotatable bonds is 3. The van der Waals surface area contributed by atoms with E-state index in [1.807, 2.05) is 11.8 Å². The highest BCUT2D eigenvalue weighted by molar-refractivity contribution is 5.75. The minimum absolute atomic E-state index is 0.114. The van der Waals surface area contributed by atoms with Crippen molar-refractivity contribution in [2.45, 2.75) is 45.2 Å². The predicted octanol–water partition coefficient (Wildman–Crippen LogP) is 1.93. The Bertz CT molecular complexity index is 284. The molecule has 0 spiro atoms. The van der Waals surface area contributed by atoms with Crippen LogP contribution in [0, 0.1) is 11.8 Å². The summed E-state index contributed by atoms with van der Waals surface area (Å²) >= 11 is 0. The summed E-state index contributed by atoms with van der Waals surface area (Å²) in [4.78, 5) is 15.6. The lowest BCUT2D eigenvalue weighted by Crippen LogP contribution is -2.45. The Morgan fingerprint density at radius 2 is 2.07 bits per heavy atom. The SMILES string of the molecule is CC#CCC(C)N(C(=O)N(C)C)C1CC1. The monoisotopic (exact) mass is 208 g/mol. The third-order valence-corrected chi connectivity index (χ3v) is 2.59. The molecular weight excluding hydrogens is 188 g/mol. The third kappa shape index (κ3) is 3.16.